The van der Waals surface area contributed by atoms with Crippen LogP contribution in [0.15, 0.2) is 42.9 Å². The Labute approximate surface area is 188 Å². The maximum absolute atomic E-state index is 12.9. The predicted octanol–water partition coefficient (Wildman–Crippen LogP) is 2.88. The molecule has 8 heteroatoms. The Bertz CT molecular complexity index is 1090. The molecule has 0 bridgehead atoms. The smallest absolute Gasteiger partial charge is 0.323 e. The molecule has 0 aliphatic carbocycles. The second-order valence-corrected chi connectivity index (χ2v) is 9.02. The summed E-state index contributed by atoms with van der Waals surface area (Å²) in [5.74, 6) is 0.590. The third-order valence-corrected chi connectivity index (χ3v) is 6.80. The number of nitrogens with one attached hydrogen (secondary N) is 1. The lowest BCUT2D eigenvalue weighted by Gasteiger charge is -2.42. The van der Waals surface area contributed by atoms with Crippen LogP contribution >= 0.6 is 0 Å². The first kappa shape index (κ1) is 20.9. The summed E-state index contributed by atoms with van der Waals surface area (Å²) in [6.07, 6.45) is 7.75. The maximum Gasteiger partial charge on any atom is 0.323 e. The van der Waals surface area contributed by atoms with Crippen LogP contribution in [-0.2, 0) is 7.05 Å². The van der Waals surface area contributed by atoms with Gasteiger partial charge in [-0.05, 0) is 43.0 Å². The Hall–Kier alpha value is -2.97. The summed E-state index contributed by atoms with van der Waals surface area (Å²) in [5, 5.41) is 9.35. The van der Waals surface area contributed by atoms with Crippen molar-refractivity contribution in [1.82, 2.24) is 29.5 Å². The highest BCUT2D eigenvalue weighted by molar-refractivity contribution is 5.93. The lowest BCUT2D eigenvalue weighted by atomic mass is 10.0. The third-order valence-electron chi connectivity index (χ3n) is 6.80. The number of anilines is 1. The molecule has 1 aromatic carbocycles. The minimum Gasteiger partial charge on any atom is -0.324 e. The van der Waals surface area contributed by atoms with Gasteiger partial charge in [0.15, 0.2) is 0 Å². The topological polar surface area (TPSA) is 69.5 Å². The fourth-order valence-corrected chi connectivity index (χ4v) is 4.77. The number of nitrogens with zero attached hydrogens (tertiary/aromatic N) is 6. The number of carbonyl (C=O) groups excluding carboxylic acids is 1. The molecule has 2 aliphatic rings. The van der Waals surface area contributed by atoms with E-state index in [0.717, 1.165) is 74.0 Å². The van der Waals surface area contributed by atoms with Gasteiger partial charge in [0.2, 0.25) is 0 Å². The van der Waals surface area contributed by atoms with Gasteiger partial charge in [0.25, 0.3) is 0 Å². The molecule has 0 saturated carbocycles. The average molecular weight is 434 g/mol. The van der Waals surface area contributed by atoms with Crippen LogP contribution in [0.1, 0.15) is 12.8 Å². The summed E-state index contributed by atoms with van der Waals surface area (Å²) in [5.41, 5.74) is 2.17. The van der Waals surface area contributed by atoms with E-state index in [9.17, 15) is 4.79 Å². The van der Waals surface area contributed by atoms with Gasteiger partial charge in [-0.25, -0.2) is 9.78 Å². The minimum atomic E-state index is -0.0582. The monoisotopic (exact) mass is 433 g/mol. The van der Waals surface area contributed by atoms with E-state index in [2.05, 4.69) is 50.4 Å². The van der Waals surface area contributed by atoms with Gasteiger partial charge in [0, 0.05) is 75.7 Å². The number of benzene rings is 1. The molecule has 8 nitrogen and oxygen atoms in total. The number of carbonyl (C=O) groups is 1. The summed E-state index contributed by atoms with van der Waals surface area (Å²) < 4.78 is 1.80. The van der Waals surface area contributed by atoms with Crippen LogP contribution in [0.25, 0.3) is 21.9 Å². The van der Waals surface area contributed by atoms with Crippen LogP contribution in [0.2, 0.25) is 0 Å². The lowest BCUT2D eigenvalue weighted by Crippen LogP contribution is -2.53. The van der Waals surface area contributed by atoms with Gasteiger partial charge in [-0.1, -0.05) is 12.1 Å². The lowest BCUT2D eigenvalue weighted by molar-refractivity contribution is 0.0765. The fourth-order valence-electron chi connectivity index (χ4n) is 4.77. The Morgan fingerprint density at radius 3 is 2.44 bits per heavy atom. The highest BCUT2D eigenvalue weighted by Crippen LogP contribution is 2.25. The number of piperidine rings is 1. The largest absolute Gasteiger partial charge is 0.324 e. The fraction of sp³-hybridized carbons (Fsp3) is 0.458. The molecule has 4 heterocycles. The molecule has 2 saturated heterocycles. The Balaban J connectivity index is 1.22. The molecule has 0 atom stereocenters. The zero-order valence-electron chi connectivity index (χ0n) is 18.9. The SMILES string of the molecule is CN1CCN(C2CCN(C(=O)Nc3cc4cc(-c5cnn(C)c5)ccc4cn3)CC2)CC1. The zero-order valence-corrected chi connectivity index (χ0v) is 18.9. The number of amides is 2. The van der Waals surface area contributed by atoms with E-state index in [4.69, 9.17) is 0 Å². The van der Waals surface area contributed by atoms with E-state index in [1.807, 2.05) is 36.6 Å². The van der Waals surface area contributed by atoms with Gasteiger partial charge in [-0.2, -0.15) is 5.10 Å². The number of rotatable bonds is 3. The molecule has 0 unspecified atom stereocenters. The standard InChI is InChI=1S/C24H31N7O/c1-28-9-11-30(12-10-28)22-5-7-31(8-6-22)24(32)27-23-14-20-13-18(3-4-19(20)15-25-23)21-16-26-29(2)17-21/h3-4,13-17,22H,5-12H2,1-2H3,(H,25,27,32). The van der Waals surface area contributed by atoms with Crippen molar-refractivity contribution in [2.24, 2.45) is 7.05 Å². The number of likely N-dealkylation sites (N-methyl/N-ethyl adjacent to an activating group) is 1. The van der Waals surface area contributed by atoms with Gasteiger partial charge >= 0.3 is 6.03 Å². The number of fused-ring (bicyclic) bond motifs is 1. The second-order valence-electron chi connectivity index (χ2n) is 9.02. The van der Waals surface area contributed by atoms with Crippen molar-refractivity contribution in [3.05, 3.63) is 42.9 Å². The van der Waals surface area contributed by atoms with E-state index in [1.165, 1.54) is 0 Å². The number of piperazine rings is 1. The van der Waals surface area contributed by atoms with Gasteiger partial charge in [0.05, 0.1) is 6.20 Å². The first-order chi connectivity index (χ1) is 15.5. The molecular formula is C24H31N7O. The highest BCUT2D eigenvalue weighted by Gasteiger charge is 2.28. The van der Waals surface area contributed by atoms with E-state index >= 15 is 0 Å². The number of hydrogen-bond acceptors (Lipinski definition) is 5. The summed E-state index contributed by atoms with van der Waals surface area (Å²) >= 11 is 0. The molecule has 2 amide bonds. The minimum absolute atomic E-state index is 0.0582. The normalized spacial score (nSPS) is 18.9. The Morgan fingerprint density at radius 2 is 1.72 bits per heavy atom. The number of aromatic nitrogens is 3. The van der Waals surface area contributed by atoms with Crippen LogP contribution in [0, 0.1) is 0 Å². The van der Waals surface area contributed by atoms with E-state index in [0.29, 0.717) is 11.9 Å². The molecule has 3 aromatic rings. The van der Waals surface area contributed by atoms with Gasteiger partial charge < -0.3 is 9.80 Å². The summed E-state index contributed by atoms with van der Waals surface area (Å²) in [6.45, 7) is 6.13. The molecular weight excluding hydrogens is 402 g/mol. The van der Waals surface area contributed by atoms with Gasteiger partial charge in [0.1, 0.15) is 5.82 Å². The van der Waals surface area contributed by atoms with Crippen LogP contribution in [0.3, 0.4) is 0 Å². The number of pyridine rings is 1. The van der Waals surface area contributed by atoms with Crippen molar-refractivity contribution in [3.8, 4) is 11.1 Å². The number of hydrogen-bond donors (Lipinski definition) is 1. The van der Waals surface area contributed by atoms with Crippen molar-refractivity contribution in [3.63, 3.8) is 0 Å². The average Bonchev–Trinajstić information content (AvgIpc) is 3.25. The summed E-state index contributed by atoms with van der Waals surface area (Å²) in [4.78, 5) is 24.2. The van der Waals surface area contributed by atoms with Crippen LogP contribution < -0.4 is 5.32 Å². The molecule has 2 aliphatic heterocycles. The van der Waals surface area contributed by atoms with Gasteiger partial charge in [-0.3, -0.25) is 14.9 Å². The van der Waals surface area contributed by atoms with Crippen molar-refractivity contribution >= 4 is 22.6 Å². The number of urea groups is 1. The zero-order chi connectivity index (χ0) is 22.1. The Kier molecular flexibility index (Phi) is 5.80. The molecule has 0 spiro atoms. The summed E-state index contributed by atoms with van der Waals surface area (Å²) in [7, 11) is 4.10. The maximum atomic E-state index is 12.9. The Morgan fingerprint density at radius 1 is 0.938 bits per heavy atom. The van der Waals surface area contributed by atoms with Crippen LogP contribution in [0.5, 0.6) is 0 Å². The van der Waals surface area contributed by atoms with Crippen molar-refractivity contribution < 1.29 is 4.79 Å². The van der Waals surface area contributed by atoms with Gasteiger partial charge in [-0.15, -0.1) is 0 Å². The molecule has 2 aromatic heterocycles. The van der Waals surface area contributed by atoms with Crippen LogP contribution in [-0.4, -0.2) is 87.9 Å². The molecule has 1 N–H and O–H groups in total. The quantitative estimate of drug-likeness (QED) is 0.688. The van der Waals surface area contributed by atoms with Crippen molar-refractivity contribution in [2.75, 3.05) is 51.6 Å². The van der Waals surface area contributed by atoms with E-state index in [1.54, 1.807) is 4.68 Å². The second kappa shape index (κ2) is 8.88. The van der Waals surface area contributed by atoms with E-state index < -0.39 is 0 Å². The summed E-state index contributed by atoms with van der Waals surface area (Å²) in [6, 6.07) is 8.73. The first-order valence-corrected chi connectivity index (χ1v) is 11.4. The third kappa shape index (κ3) is 4.47. The predicted molar refractivity (Wildman–Crippen MR) is 127 cm³/mol. The highest BCUT2D eigenvalue weighted by atomic mass is 16.2. The van der Waals surface area contributed by atoms with Crippen LogP contribution in [0.4, 0.5) is 10.6 Å². The molecule has 2 fully saturated rings. The number of aryl methyl sites for hydroxylation is 1. The molecule has 0 radical (unpaired) electrons. The molecule has 168 valence electrons. The van der Waals surface area contributed by atoms with E-state index in [-0.39, 0.29) is 6.03 Å². The number of likely N-dealkylation sites (tertiary alicyclic amines) is 1. The first-order valence-electron chi connectivity index (χ1n) is 11.4. The molecule has 32 heavy (non-hydrogen) atoms. The van der Waals surface area contributed by atoms with Crippen molar-refractivity contribution in [2.45, 2.75) is 18.9 Å². The molecule has 5 rings (SSSR count). The van der Waals surface area contributed by atoms with Crippen molar-refractivity contribution in [1.29, 1.82) is 0 Å².